The Morgan fingerprint density at radius 1 is 1.10 bits per heavy atom. The monoisotopic (exact) mass is 301 g/mol. The molecule has 0 spiro atoms. The summed E-state index contributed by atoms with van der Waals surface area (Å²) in [4.78, 5) is 4.54. The van der Waals surface area contributed by atoms with Crippen LogP contribution in [0.25, 0.3) is 11.0 Å². The van der Waals surface area contributed by atoms with Crippen molar-refractivity contribution in [3.63, 3.8) is 0 Å². The first kappa shape index (κ1) is 13.8. The summed E-state index contributed by atoms with van der Waals surface area (Å²) in [5.41, 5.74) is 7.69. The van der Waals surface area contributed by atoms with Crippen LogP contribution >= 0.6 is 0 Å². The average molecular weight is 301 g/mol. The van der Waals surface area contributed by atoms with Gasteiger partial charge in [0.1, 0.15) is 0 Å². The normalized spacial score (nSPS) is 11.9. The molecule has 2 N–H and O–H groups in total. The van der Waals surface area contributed by atoms with Gasteiger partial charge in [0, 0.05) is 12.4 Å². The molecular formula is C15H15N3O2S. The van der Waals surface area contributed by atoms with Crippen molar-refractivity contribution in [1.29, 1.82) is 0 Å². The Morgan fingerprint density at radius 3 is 2.57 bits per heavy atom. The van der Waals surface area contributed by atoms with Crippen LogP contribution in [0.2, 0.25) is 0 Å². The van der Waals surface area contributed by atoms with Gasteiger partial charge in [-0.15, -0.1) is 0 Å². The van der Waals surface area contributed by atoms with Crippen LogP contribution in [-0.4, -0.2) is 23.9 Å². The van der Waals surface area contributed by atoms with Gasteiger partial charge in [-0.25, -0.2) is 12.4 Å². The van der Waals surface area contributed by atoms with Crippen molar-refractivity contribution in [2.75, 3.05) is 6.54 Å². The lowest BCUT2D eigenvalue weighted by molar-refractivity contribution is 0.589. The molecule has 0 amide bonds. The Kier molecular flexibility index (Phi) is 3.48. The van der Waals surface area contributed by atoms with E-state index in [1.54, 1.807) is 54.9 Å². The van der Waals surface area contributed by atoms with Crippen molar-refractivity contribution in [2.24, 2.45) is 5.73 Å². The van der Waals surface area contributed by atoms with E-state index < -0.39 is 10.0 Å². The third-order valence-electron chi connectivity index (χ3n) is 3.31. The zero-order chi connectivity index (χ0) is 14.9. The molecular weight excluding hydrogens is 286 g/mol. The van der Waals surface area contributed by atoms with E-state index in [4.69, 9.17) is 5.73 Å². The molecule has 6 heteroatoms. The molecule has 0 saturated heterocycles. The van der Waals surface area contributed by atoms with Crippen molar-refractivity contribution < 1.29 is 8.42 Å². The van der Waals surface area contributed by atoms with Crippen LogP contribution in [0, 0.1) is 0 Å². The largest absolute Gasteiger partial charge is 0.330 e. The quantitative estimate of drug-likeness (QED) is 0.796. The summed E-state index contributed by atoms with van der Waals surface area (Å²) in [6, 6.07) is 11.8. The van der Waals surface area contributed by atoms with Crippen LogP contribution in [0.4, 0.5) is 0 Å². The van der Waals surface area contributed by atoms with E-state index in [-0.39, 0.29) is 4.90 Å². The van der Waals surface area contributed by atoms with Crippen molar-refractivity contribution >= 4 is 21.1 Å². The summed E-state index contributed by atoms with van der Waals surface area (Å²) in [6.45, 7) is 0.446. The molecule has 0 aliphatic heterocycles. The molecule has 5 nitrogen and oxygen atoms in total. The topological polar surface area (TPSA) is 78.0 Å². The molecule has 3 aromatic rings. The smallest absolute Gasteiger partial charge is 0.268 e. The summed E-state index contributed by atoms with van der Waals surface area (Å²) >= 11 is 0. The number of nitrogens with zero attached hydrogens (tertiary/aromatic N) is 2. The number of rotatable bonds is 4. The van der Waals surface area contributed by atoms with Gasteiger partial charge in [0.2, 0.25) is 0 Å². The van der Waals surface area contributed by atoms with Gasteiger partial charge in [0.05, 0.1) is 15.9 Å². The molecule has 108 valence electrons. The Hall–Kier alpha value is -2.18. The fourth-order valence-electron chi connectivity index (χ4n) is 2.34. The zero-order valence-corrected chi connectivity index (χ0v) is 12.1. The number of fused-ring (bicyclic) bond motifs is 1. The van der Waals surface area contributed by atoms with Crippen LogP contribution in [-0.2, 0) is 16.4 Å². The minimum Gasteiger partial charge on any atom is -0.330 e. The van der Waals surface area contributed by atoms with Crippen LogP contribution < -0.4 is 5.73 Å². The Labute approximate surface area is 123 Å². The maximum absolute atomic E-state index is 12.8. The lowest BCUT2D eigenvalue weighted by Crippen LogP contribution is -2.11. The van der Waals surface area contributed by atoms with E-state index in [1.807, 2.05) is 0 Å². The predicted molar refractivity (Wildman–Crippen MR) is 81.5 cm³/mol. The number of hydrogen-bond acceptors (Lipinski definition) is 4. The highest BCUT2D eigenvalue weighted by molar-refractivity contribution is 7.90. The first-order valence-electron chi connectivity index (χ1n) is 6.60. The van der Waals surface area contributed by atoms with Crippen molar-refractivity contribution in [3.8, 4) is 0 Å². The van der Waals surface area contributed by atoms with E-state index in [0.717, 1.165) is 5.56 Å². The number of aromatic nitrogens is 2. The van der Waals surface area contributed by atoms with Gasteiger partial charge in [0.15, 0.2) is 0 Å². The number of hydrogen-bond donors (Lipinski definition) is 1. The maximum atomic E-state index is 12.8. The molecule has 0 radical (unpaired) electrons. The summed E-state index contributed by atoms with van der Waals surface area (Å²) in [5.74, 6) is 0. The predicted octanol–water partition coefficient (Wildman–Crippen LogP) is 1.77. The summed E-state index contributed by atoms with van der Waals surface area (Å²) < 4.78 is 26.8. The summed E-state index contributed by atoms with van der Waals surface area (Å²) in [6.07, 6.45) is 3.86. The third kappa shape index (κ3) is 2.32. The second kappa shape index (κ2) is 5.31. The van der Waals surface area contributed by atoms with Crippen LogP contribution in [0.5, 0.6) is 0 Å². The van der Waals surface area contributed by atoms with Gasteiger partial charge in [-0.1, -0.05) is 18.2 Å². The first-order chi connectivity index (χ1) is 10.1. The zero-order valence-electron chi connectivity index (χ0n) is 11.3. The van der Waals surface area contributed by atoms with Crippen LogP contribution in [0.15, 0.2) is 59.8 Å². The molecule has 0 fully saturated rings. The molecule has 2 heterocycles. The lowest BCUT2D eigenvalue weighted by Gasteiger charge is -2.06. The standard InChI is InChI=1S/C15H15N3O2S/c16-9-8-12-11-18(14-7-4-10-17-15(12)14)21(19,20)13-5-2-1-3-6-13/h1-7,10-11H,8-9,16H2. The van der Waals surface area contributed by atoms with Gasteiger partial charge < -0.3 is 5.73 Å². The Morgan fingerprint density at radius 2 is 1.86 bits per heavy atom. The molecule has 2 aromatic heterocycles. The molecule has 0 aliphatic carbocycles. The first-order valence-corrected chi connectivity index (χ1v) is 8.04. The fraction of sp³-hybridized carbons (Fsp3) is 0.133. The molecule has 0 aliphatic rings. The van der Waals surface area contributed by atoms with Crippen molar-refractivity contribution in [2.45, 2.75) is 11.3 Å². The van der Waals surface area contributed by atoms with Crippen LogP contribution in [0.3, 0.4) is 0 Å². The van der Waals surface area contributed by atoms with Crippen LogP contribution in [0.1, 0.15) is 5.56 Å². The molecule has 1 aromatic carbocycles. The average Bonchev–Trinajstić information content (AvgIpc) is 2.88. The molecule has 0 atom stereocenters. The highest BCUT2D eigenvalue weighted by Crippen LogP contribution is 2.24. The van der Waals surface area contributed by atoms with Crippen molar-refractivity contribution in [1.82, 2.24) is 8.96 Å². The second-order valence-electron chi connectivity index (χ2n) is 4.68. The summed E-state index contributed by atoms with van der Waals surface area (Å²) in [5, 5.41) is 0. The van der Waals surface area contributed by atoms with Crippen molar-refractivity contribution in [3.05, 3.63) is 60.4 Å². The molecule has 0 unspecified atom stereocenters. The third-order valence-corrected chi connectivity index (χ3v) is 5.00. The summed E-state index contributed by atoms with van der Waals surface area (Å²) in [7, 11) is -3.63. The van der Waals surface area contributed by atoms with E-state index >= 15 is 0 Å². The number of nitrogens with two attached hydrogens (primary N) is 1. The Bertz CT molecular complexity index is 870. The van der Waals surface area contributed by atoms with E-state index in [1.165, 1.54) is 3.97 Å². The highest BCUT2D eigenvalue weighted by atomic mass is 32.2. The van der Waals surface area contributed by atoms with Gasteiger partial charge >= 0.3 is 0 Å². The second-order valence-corrected chi connectivity index (χ2v) is 6.49. The Balaban J connectivity index is 2.26. The lowest BCUT2D eigenvalue weighted by atomic mass is 10.2. The van der Waals surface area contributed by atoms with E-state index in [0.29, 0.717) is 24.0 Å². The molecule has 21 heavy (non-hydrogen) atoms. The SMILES string of the molecule is NCCc1cn(S(=O)(=O)c2ccccc2)c2cccnc12. The highest BCUT2D eigenvalue weighted by Gasteiger charge is 2.21. The fourth-order valence-corrected chi connectivity index (χ4v) is 3.74. The van der Waals surface area contributed by atoms with Gasteiger partial charge in [-0.2, -0.15) is 0 Å². The van der Waals surface area contributed by atoms with E-state index in [9.17, 15) is 8.42 Å². The molecule has 3 rings (SSSR count). The van der Waals surface area contributed by atoms with Gasteiger partial charge in [0.25, 0.3) is 10.0 Å². The number of benzene rings is 1. The molecule has 0 saturated carbocycles. The van der Waals surface area contributed by atoms with E-state index in [2.05, 4.69) is 4.98 Å². The maximum Gasteiger partial charge on any atom is 0.268 e. The van der Waals surface area contributed by atoms with Gasteiger partial charge in [-0.3, -0.25) is 4.98 Å². The molecule has 0 bridgehead atoms. The minimum atomic E-state index is -3.63. The number of pyridine rings is 1. The van der Waals surface area contributed by atoms with Gasteiger partial charge in [-0.05, 0) is 42.8 Å². The minimum absolute atomic E-state index is 0.255.